The van der Waals surface area contributed by atoms with Crippen LogP contribution < -0.4 is 0 Å². The zero-order valence-corrected chi connectivity index (χ0v) is 19.8. The predicted octanol–water partition coefficient (Wildman–Crippen LogP) is 4.78. The Balaban J connectivity index is 0.000000313. The van der Waals surface area contributed by atoms with Gasteiger partial charge in [-0.1, -0.05) is 33.5 Å². The number of aromatic nitrogens is 2. The molecule has 1 N–H and O–H groups in total. The van der Waals surface area contributed by atoms with Crippen molar-refractivity contribution < 1.29 is 19.4 Å². The van der Waals surface area contributed by atoms with E-state index in [0.717, 1.165) is 74.8 Å². The van der Waals surface area contributed by atoms with Gasteiger partial charge in [0.25, 0.3) is 0 Å². The molecule has 0 bridgehead atoms. The van der Waals surface area contributed by atoms with Crippen LogP contribution >= 0.6 is 0 Å². The lowest BCUT2D eigenvalue weighted by Gasteiger charge is -2.20. The average molecular weight is 423 g/mol. The van der Waals surface area contributed by atoms with Crippen molar-refractivity contribution in [1.82, 2.24) is 9.78 Å². The molecule has 7 heteroatoms. The molecule has 1 aromatic heterocycles. The summed E-state index contributed by atoms with van der Waals surface area (Å²) in [5.41, 5.74) is 2.18. The van der Waals surface area contributed by atoms with E-state index in [1.165, 1.54) is 0 Å². The molecule has 2 aliphatic carbocycles. The first kappa shape index (κ1) is 23.8. The van der Waals surface area contributed by atoms with Crippen molar-refractivity contribution in [1.29, 1.82) is 0 Å². The van der Waals surface area contributed by atoms with Crippen molar-refractivity contribution in [2.45, 2.75) is 91.2 Å². The maximum absolute atomic E-state index is 11.3. The number of hydrogen-bond acceptors (Lipinski definition) is 4. The first-order chi connectivity index (χ1) is 13.6. The zero-order chi connectivity index (χ0) is 21.6. The summed E-state index contributed by atoms with van der Waals surface area (Å²) in [6.45, 7) is 12.5. The molecule has 1 saturated carbocycles. The number of ether oxygens (including phenoxy) is 1. The van der Waals surface area contributed by atoms with Gasteiger partial charge in [0.15, 0.2) is 5.69 Å². The summed E-state index contributed by atoms with van der Waals surface area (Å²) < 4.78 is 7.49. The molecule has 0 radical (unpaired) electrons. The number of carboxylic acid groups (broad SMARTS) is 1. The van der Waals surface area contributed by atoms with Crippen LogP contribution in [0.25, 0.3) is 0 Å². The number of carbonyl (C=O) groups is 2. The van der Waals surface area contributed by atoms with E-state index in [2.05, 4.69) is 38.6 Å². The fourth-order valence-electron chi connectivity index (χ4n) is 3.74. The number of aromatic carboxylic acids is 1. The van der Waals surface area contributed by atoms with E-state index in [0.29, 0.717) is 18.4 Å². The van der Waals surface area contributed by atoms with Gasteiger partial charge in [-0.3, -0.25) is 4.79 Å². The summed E-state index contributed by atoms with van der Waals surface area (Å²) in [5, 5.41) is 13.6. The summed E-state index contributed by atoms with van der Waals surface area (Å²) >= 11 is 0. The van der Waals surface area contributed by atoms with Gasteiger partial charge < -0.3 is 9.84 Å². The Morgan fingerprint density at radius 3 is 2.31 bits per heavy atom. The number of carboxylic acids is 1. The summed E-state index contributed by atoms with van der Waals surface area (Å²) in [6, 6.07) is 1.11. The second-order valence-corrected chi connectivity index (χ2v) is 15.6. The Kier molecular flexibility index (Phi) is 8.64. The molecular weight excluding hydrogens is 384 g/mol. The molecule has 0 aliphatic heterocycles. The Hall–Kier alpha value is -1.47. The third-order valence-electron chi connectivity index (χ3n) is 5.84. The minimum Gasteiger partial charge on any atom is -0.476 e. The monoisotopic (exact) mass is 422 g/mol. The van der Waals surface area contributed by atoms with Crippen LogP contribution in [0.3, 0.4) is 0 Å². The second-order valence-electron chi connectivity index (χ2n) is 10.00. The van der Waals surface area contributed by atoms with Crippen molar-refractivity contribution in [3.8, 4) is 0 Å². The van der Waals surface area contributed by atoms with Crippen molar-refractivity contribution in [2.24, 2.45) is 11.8 Å². The lowest BCUT2D eigenvalue weighted by Crippen LogP contribution is -2.22. The van der Waals surface area contributed by atoms with Crippen molar-refractivity contribution >= 4 is 19.8 Å². The summed E-state index contributed by atoms with van der Waals surface area (Å²) in [6.07, 6.45) is 6.66. The minimum absolute atomic E-state index is 0.214. The summed E-state index contributed by atoms with van der Waals surface area (Å²) in [5.74, 6) is 0.911. The molecule has 1 unspecified atom stereocenters. The lowest BCUT2D eigenvalue weighted by molar-refractivity contribution is -0.120. The van der Waals surface area contributed by atoms with Crippen LogP contribution in [0.2, 0.25) is 25.7 Å². The van der Waals surface area contributed by atoms with Crippen LogP contribution in [-0.2, 0) is 29.1 Å². The van der Waals surface area contributed by atoms with Gasteiger partial charge in [-0.2, -0.15) is 5.10 Å². The number of hydrogen-bond donors (Lipinski definition) is 1. The van der Waals surface area contributed by atoms with Gasteiger partial charge in [-0.25, -0.2) is 9.48 Å². The van der Waals surface area contributed by atoms with E-state index in [4.69, 9.17) is 4.74 Å². The van der Waals surface area contributed by atoms with Gasteiger partial charge in [0.2, 0.25) is 0 Å². The van der Waals surface area contributed by atoms with Gasteiger partial charge in [0.1, 0.15) is 12.5 Å². The predicted molar refractivity (Wildman–Crippen MR) is 117 cm³/mol. The minimum atomic E-state index is -1.10. The number of nitrogens with zero attached hydrogens (tertiary/aromatic N) is 2. The van der Waals surface area contributed by atoms with E-state index in [1.807, 2.05) is 0 Å². The second kappa shape index (κ2) is 10.5. The SMILES string of the molecule is CC1CCC(=O)CC1.CC1CCc2c(C(=O)O)nn(COCC[Si](C)(C)C)c2C1. The highest BCUT2D eigenvalue weighted by atomic mass is 28.3. The molecule has 1 atom stereocenters. The molecule has 2 aliphatic rings. The number of fused-ring (bicyclic) bond motifs is 1. The molecule has 164 valence electrons. The van der Waals surface area contributed by atoms with Crippen molar-refractivity contribution in [3.63, 3.8) is 0 Å². The zero-order valence-electron chi connectivity index (χ0n) is 18.8. The standard InChI is InChI=1S/C15H26N2O3Si.C7H12O/c1-11-5-6-12-13(9-11)17(16-14(12)15(18)19)10-20-7-8-21(2,3)4;1-6-2-4-7(8)5-3-6/h11H,5-10H2,1-4H3,(H,18,19);6H,2-5H2,1H3. The normalized spacial score (nSPS) is 20.0. The molecule has 6 nitrogen and oxygen atoms in total. The highest BCUT2D eigenvalue weighted by molar-refractivity contribution is 6.76. The Morgan fingerprint density at radius 1 is 1.14 bits per heavy atom. The van der Waals surface area contributed by atoms with E-state index < -0.39 is 14.0 Å². The molecule has 1 heterocycles. The van der Waals surface area contributed by atoms with Gasteiger partial charge in [-0.05, 0) is 50.0 Å². The van der Waals surface area contributed by atoms with Crippen LogP contribution in [-0.4, -0.2) is 41.3 Å². The molecular formula is C22H38N2O4Si. The first-order valence-corrected chi connectivity index (χ1v) is 14.7. The fourth-order valence-corrected chi connectivity index (χ4v) is 4.50. The van der Waals surface area contributed by atoms with Gasteiger partial charge in [0, 0.05) is 38.8 Å². The van der Waals surface area contributed by atoms with E-state index in [-0.39, 0.29) is 5.69 Å². The van der Waals surface area contributed by atoms with Crippen LogP contribution in [0.4, 0.5) is 0 Å². The Labute approximate surface area is 176 Å². The quantitative estimate of drug-likeness (QED) is 0.527. The number of carbonyl (C=O) groups excluding carboxylic acids is 1. The summed E-state index contributed by atoms with van der Waals surface area (Å²) in [4.78, 5) is 21.9. The number of ketones is 1. The van der Waals surface area contributed by atoms with E-state index in [1.54, 1.807) is 4.68 Å². The van der Waals surface area contributed by atoms with E-state index in [9.17, 15) is 14.7 Å². The molecule has 0 amide bonds. The largest absolute Gasteiger partial charge is 0.476 e. The molecule has 1 fully saturated rings. The van der Waals surface area contributed by atoms with Gasteiger partial charge in [-0.15, -0.1) is 0 Å². The maximum atomic E-state index is 11.3. The number of Topliss-reactive ketones (excluding diaryl/α,β-unsaturated/α-hetero) is 1. The fraction of sp³-hybridized carbons (Fsp3) is 0.773. The molecule has 0 spiro atoms. The first-order valence-electron chi connectivity index (χ1n) is 11.0. The highest BCUT2D eigenvalue weighted by Gasteiger charge is 2.27. The van der Waals surface area contributed by atoms with Crippen LogP contribution in [0, 0.1) is 11.8 Å². The lowest BCUT2D eigenvalue weighted by atomic mass is 9.88. The molecule has 0 aromatic carbocycles. The molecule has 29 heavy (non-hydrogen) atoms. The molecule has 0 saturated heterocycles. The third kappa shape index (κ3) is 7.70. The third-order valence-corrected chi connectivity index (χ3v) is 7.54. The number of rotatable bonds is 6. The topological polar surface area (TPSA) is 81.4 Å². The Morgan fingerprint density at radius 2 is 1.76 bits per heavy atom. The Bertz CT molecular complexity index is 698. The van der Waals surface area contributed by atoms with Crippen molar-refractivity contribution in [2.75, 3.05) is 6.61 Å². The molecule has 3 rings (SSSR count). The smallest absolute Gasteiger partial charge is 0.356 e. The highest BCUT2D eigenvalue weighted by Crippen LogP contribution is 2.28. The summed E-state index contributed by atoms with van der Waals surface area (Å²) in [7, 11) is -1.10. The van der Waals surface area contributed by atoms with Crippen molar-refractivity contribution in [3.05, 3.63) is 17.0 Å². The van der Waals surface area contributed by atoms with E-state index >= 15 is 0 Å². The molecule has 1 aromatic rings. The van der Waals surface area contributed by atoms with Gasteiger partial charge >= 0.3 is 5.97 Å². The van der Waals surface area contributed by atoms with Crippen LogP contribution in [0.15, 0.2) is 0 Å². The maximum Gasteiger partial charge on any atom is 0.356 e. The van der Waals surface area contributed by atoms with Crippen LogP contribution in [0.1, 0.15) is 67.7 Å². The van der Waals surface area contributed by atoms with Gasteiger partial charge in [0.05, 0.1) is 0 Å². The average Bonchev–Trinajstić information content (AvgIpc) is 2.99. The van der Waals surface area contributed by atoms with Crippen LogP contribution in [0.5, 0.6) is 0 Å².